The summed E-state index contributed by atoms with van der Waals surface area (Å²) in [4.78, 5) is 12.9. The van der Waals surface area contributed by atoms with Gasteiger partial charge in [-0.15, -0.1) is 0 Å². The fourth-order valence-corrected chi connectivity index (χ4v) is 5.06. The Morgan fingerprint density at radius 2 is 2.19 bits per heavy atom. The predicted octanol–water partition coefficient (Wildman–Crippen LogP) is 0.609. The predicted molar refractivity (Wildman–Crippen MR) is 101 cm³/mol. The number of aromatic nitrogens is 4. The molecule has 0 bridgehead atoms. The number of hydrogen-bond acceptors (Lipinski definition) is 7. The van der Waals surface area contributed by atoms with Crippen LogP contribution in [0.2, 0.25) is 5.28 Å². The van der Waals surface area contributed by atoms with Crippen LogP contribution in [0.25, 0.3) is 11.2 Å². The summed E-state index contributed by atoms with van der Waals surface area (Å²) in [6, 6.07) is -0.234. The molecule has 0 aromatic carbocycles. The van der Waals surface area contributed by atoms with Gasteiger partial charge in [-0.05, 0) is 31.4 Å². The lowest BCUT2D eigenvalue weighted by molar-refractivity contribution is 0.192. The summed E-state index contributed by atoms with van der Waals surface area (Å²) >= 11 is 6.06. The van der Waals surface area contributed by atoms with Crippen LogP contribution in [0, 0.1) is 0 Å². The van der Waals surface area contributed by atoms with E-state index in [4.69, 9.17) is 16.3 Å². The Labute approximate surface area is 162 Å². The van der Waals surface area contributed by atoms with Crippen LogP contribution in [0.1, 0.15) is 19.8 Å². The highest BCUT2D eigenvalue weighted by atomic mass is 35.5. The lowest BCUT2D eigenvalue weighted by atomic mass is 10.2. The lowest BCUT2D eigenvalue weighted by Crippen LogP contribution is -2.45. The van der Waals surface area contributed by atoms with Crippen LogP contribution < -0.4 is 10.0 Å². The van der Waals surface area contributed by atoms with Gasteiger partial charge in [0.15, 0.2) is 17.0 Å². The van der Waals surface area contributed by atoms with Gasteiger partial charge < -0.3 is 14.6 Å². The number of halogens is 1. The van der Waals surface area contributed by atoms with E-state index in [9.17, 15) is 8.42 Å². The standard InChI is InChI=1S/C15H22ClN7O3S/c1-2-22-9-17-12-13(19-15(16)20-14(12)22)18-10-3-5-23(7-10)27(24,25)21-11-4-6-26-8-11/h9-11,21H,2-8H2,1H3,(H,18,19,20)/t10-,11-/m0/s1. The van der Waals surface area contributed by atoms with Crippen molar-refractivity contribution in [2.45, 2.75) is 38.4 Å². The topological polar surface area (TPSA) is 114 Å². The molecular formula is C15H22ClN7O3S. The molecule has 2 aromatic rings. The molecule has 2 aromatic heterocycles. The lowest BCUT2D eigenvalue weighted by Gasteiger charge is -2.20. The first-order chi connectivity index (χ1) is 13.0. The van der Waals surface area contributed by atoms with Crippen LogP contribution in [-0.2, 0) is 21.5 Å². The average Bonchev–Trinajstić information content (AvgIpc) is 3.34. The van der Waals surface area contributed by atoms with Gasteiger partial charge in [0.05, 0.1) is 12.9 Å². The van der Waals surface area contributed by atoms with Gasteiger partial charge >= 0.3 is 0 Å². The van der Waals surface area contributed by atoms with E-state index in [0.29, 0.717) is 56.1 Å². The summed E-state index contributed by atoms with van der Waals surface area (Å²) < 4.78 is 36.4. The number of aryl methyl sites for hydroxylation is 1. The van der Waals surface area contributed by atoms with Gasteiger partial charge in [-0.2, -0.15) is 27.4 Å². The maximum atomic E-state index is 12.6. The van der Waals surface area contributed by atoms with E-state index < -0.39 is 10.2 Å². The Bertz CT molecular complexity index is 929. The molecule has 27 heavy (non-hydrogen) atoms. The zero-order valence-corrected chi connectivity index (χ0v) is 16.5. The molecule has 2 fully saturated rings. The first-order valence-electron chi connectivity index (χ1n) is 8.96. The maximum Gasteiger partial charge on any atom is 0.279 e. The molecule has 2 N–H and O–H groups in total. The van der Waals surface area contributed by atoms with Crippen molar-refractivity contribution in [2.24, 2.45) is 0 Å². The zero-order valence-electron chi connectivity index (χ0n) is 14.9. The van der Waals surface area contributed by atoms with E-state index >= 15 is 0 Å². The molecule has 2 aliphatic heterocycles. The Kier molecular flexibility index (Phi) is 5.21. The summed E-state index contributed by atoms with van der Waals surface area (Å²) in [6.07, 6.45) is 3.06. The van der Waals surface area contributed by atoms with Crippen LogP contribution in [0.4, 0.5) is 5.82 Å². The summed E-state index contributed by atoms with van der Waals surface area (Å²) in [6.45, 7) is 4.51. The summed E-state index contributed by atoms with van der Waals surface area (Å²) in [7, 11) is -3.53. The van der Waals surface area contributed by atoms with Crippen molar-refractivity contribution in [3.05, 3.63) is 11.6 Å². The van der Waals surface area contributed by atoms with E-state index in [2.05, 4.69) is 25.0 Å². The van der Waals surface area contributed by atoms with E-state index in [1.54, 1.807) is 6.33 Å². The van der Waals surface area contributed by atoms with Crippen molar-refractivity contribution in [3.63, 3.8) is 0 Å². The van der Waals surface area contributed by atoms with Crippen LogP contribution in [0.15, 0.2) is 6.33 Å². The van der Waals surface area contributed by atoms with E-state index in [0.717, 1.165) is 6.54 Å². The minimum atomic E-state index is -3.53. The summed E-state index contributed by atoms with van der Waals surface area (Å²) in [5.41, 5.74) is 1.29. The van der Waals surface area contributed by atoms with Crippen LogP contribution in [-0.4, -0.2) is 70.6 Å². The molecule has 10 nitrogen and oxygen atoms in total. The molecule has 0 aliphatic carbocycles. The molecule has 0 unspecified atom stereocenters. The summed E-state index contributed by atoms with van der Waals surface area (Å²) in [5, 5.41) is 3.42. The maximum absolute atomic E-state index is 12.6. The molecule has 0 amide bonds. The van der Waals surface area contributed by atoms with Crippen LogP contribution in [0.3, 0.4) is 0 Å². The molecule has 4 heterocycles. The zero-order chi connectivity index (χ0) is 19.0. The van der Waals surface area contributed by atoms with Gasteiger partial charge in [-0.3, -0.25) is 0 Å². The van der Waals surface area contributed by atoms with E-state index in [1.807, 2.05) is 11.5 Å². The molecule has 0 saturated carbocycles. The highest BCUT2D eigenvalue weighted by molar-refractivity contribution is 7.87. The van der Waals surface area contributed by atoms with Gasteiger partial charge in [0, 0.05) is 38.3 Å². The third-order valence-electron chi connectivity index (χ3n) is 4.85. The minimum Gasteiger partial charge on any atom is -0.380 e. The number of nitrogens with zero attached hydrogens (tertiary/aromatic N) is 5. The van der Waals surface area contributed by atoms with Crippen molar-refractivity contribution >= 4 is 38.8 Å². The third kappa shape index (κ3) is 3.87. The Morgan fingerprint density at radius 1 is 1.33 bits per heavy atom. The van der Waals surface area contributed by atoms with Crippen molar-refractivity contribution < 1.29 is 13.2 Å². The number of ether oxygens (including phenoxy) is 1. The highest BCUT2D eigenvalue weighted by Crippen LogP contribution is 2.24. The molecule has 0 spiro atoms. The van der Waals surface area contributed by atoms with Gasteiger partial charge in [-0.1, -0.05) is 0 Å². The number of fused-ring (bicyclic) bond motifs is 1. The Morgan fingerprint density at radius 3 is 2.93 bits per heavy atom. The van der Waals surface area contributed by atoms with Crippen LogP contribution in [0.5, 0.6) is 0 Å². The number of nitrogens with one attached hydrogen (secondary N) is 2. The van der Waals surface area contributed by atoms with Gasteiger partial charge in [0.25, 0.3) is 10.2 Å². The second kappa shape index (κ2) is 7.47. The van der Waals surface area contributed by atoms with Crippen molar-refractivity contribution in [1.29, 1.82) is 0 Å². The molecule has 2 atom stereocenters. The molecule has 2 aliphatic rings. The highest BCUT2D eigenvalue weighted by Gasteiger charge is 2.34. The molecular weight excluding hydrogens is 394 g/mol. The Hall–Kier alpha value is -1.53. The molecule has 4 rings (SSSR count). The van der Waals surface area contributed by atoms with Gasteiger partial charge in [-0.25, -0.2) is 4.98 Å². The summed E-state index contributed by atoms with van der Waals surface area (Å²) in [5.74, 6) is 0.526. The van der Waals surface area contributed by atoms with Crippen molar-refractivity contribution in [1.82, 2.24) is 28.5 Å². The monoisotopic (exact) mass is 415 g/mol. The number of rotatable bonds is 6. The second-order valence-corrected chi connectivity index (χ2v) is 8.76. The molecule has 0 radical (unpaired) electrons. The SMILES string of the molecule is CCn1cnc2c(N[C@H]3CCN(S(=O)(=O)N[C@H]4CCOC4)C3)nc(Cl)nc21. The van der Waals surface area contributed by atoms with E-state index in [-0.39, 0.29) is 17.4 Å². The number of hydrogen-bond donors (Lipinski definition) is 2. The normalized spacial score (nSPS) is 24.1. The second-order valence-electron chi connectivity index (χ2n) is 6.72. The molecule has 12 heteroatoms. The largest absolute Gasteiger partial charge is 0.380 e. The smallest absolute Gasteiger partial charge is 0.279 e. The Balaban J connectivity index is 1.47. The van der Waals surface area contributed by atoms with Crippen LogP contribution >= 0.6 is 11.6 Å². The molecule has 148 valence electrons. The number of anilines is 1. The van der Waals surface area contributed by atoms with Gasteiger partial charge in [0.1, 0.15) is 0 Å². The fourth-order valence-electron chi connectivity index (χ4n) is 3.42. The third-order valence-corrected chi connectivity index (χ3v) is 6.67. The van der Waals surface area contributed by atoms with Gasteiger partial charge in [0.2, 0.25) is 5.28 Å². The van der Waals surface area contributed by atoms with E-state index in [1.165, 1.54) is 4.31 Å². The van der Waals surface area contributed by atoms with Crippen molar-refractivity contribution in [3.8, 4) is 0 Å². The first kappa shape index (κ1) is 18.8. The fraction of sp³-hybridized carbons (Fsp3) is 0.667. The average molecular weight is 416 g/mol. The molecule has 2 saturated heterocycles. The van der Waals surface area contributed by atoms with Crippen molar-refractivity contribution in [2.75, 3.05) is 31.6 Å². The quantitative estimate of drug-likeness (QED) is 0.664. The first-order valence-corrected chi connectivity index (χ1v) is 10.8. The number of imidazole rings is 1. The minimum absolute atomic E-state index is 0.0812.